The standard InChI is InChI=1S/C18H24N2O4/c1-12(24-11-13-4-5-13)17(21)19-14-6-8-15(9-7-14)20-18(22)16-3-2-10-23-16/h6-9,12-13,16H,2-5,10-11H2,1H3,(H,19,21)(H,20,22). The van der Waals surface area contributed by atoms with Crippen molar-refractivity contribution in [3.63, 3.8) is 0 Å². The van der Waals surface area contributed by atoms with E-state index in [2.05, 4.69) is 10.6 Å². The van der Waals surface area contributed by atoms with Gasteiger partial charge in [-0.05, 0) is 62.8 Å². The number of benzene rings is 1. The maximum Gasteiger partial charge on any atom is 0.253 e. The number of amides is 2. The summed E-state index contributed by atoms with van der Waals surface area (Å²) in [4.78, 5) is 24.0. The monoisotopic (exact) mass is 332 g/mol. The van der Waals surface area contributed by atoms with Gasteiger partial charge in [-0.1, -0.05) is 0 Å². The second-order valence-electron chi connectivity index (χ2n) is 6.48. The predicted molar refractivity (Wildman–Crippen MR) is 90.8 cm³/mol. The van der Waals surface area contributed by atoms with Gasteiger partial charge >= 0.3 is 0 Å². The summed E-state index contributed by atoms with van der Waals surface area (Å²) in [5, 5.41) is 5.65. The van der Waals surface area contributed by atoms with Crippen molar-refractivity contribution >= 4 is 23.2 Å². The van der Waals surface area contributed by atoms with Gasteiger partial charge in [0.1, 0.15) is 12.2 Å². The number of hydrogen-bond donors (Lipinski definition) is 2. The van der Waals surface area contributed by atoms with E-state index in [1.807, 2.05) is 0 Å². The van der Waals surface area contributed by atoms with E-state index in [1.165, 1.54) is 12.8 Å². The van der Waals surface area contributed by atoms with Crippen LogP contribution in [0.5, 0.6) is 0 Å². The number of hydrogen-bond acceptors (Lipinski definition) is 4. The Morgan fingerprint density at radius 1 is 1.17 bits per heavy atom. The Bertz CT molecular complexity index is 577. The minimum Gasteiger partial charge on any atom is -0.368 e. The van der Waals surface area contributed by atoms with Gasteiger partial charge in [-0.2, -0.15) is 0 Å². The van der Waals surface area contributed by atoms with Crippen molar-refractivity contribution in [1.29, 1.82) is 0 Å². The van der Waals surface area contributed by atoms with E-state index < -0.39 is 6.10 Å². The van der Waals surface area contributed by atoms with E-state index in [0.29, 0.717) is 30.5 Å². The number of carbonyl (C=O) groups excluding carboxylic acids is 2. The molecule has 1 saturated heterocycles. The van der Waals surface area contributed by atoms with Crippen molar-refractivity contribution in [3.05, 3.63) is 24.3 Å². The van der Waals surface area contributed by atoms with E-state index in [1.54, 1.807) is 31.2 Å². The van der Waals surface area contributed by atoms with Gasteiger partial charge < -0.3 is 20.1 Å². The van der Waals surface area contributed by atoms with Crippen molar-refractivity contribution < 1.29 is 19.1 Å². The van der Waals surface area contributed by atoms with Crippen LogP contribution in [0.2, 0.25) is 0 Å². The van der Waals surface area contributed by atoms with Gasteiger partial charge in [0.25, 0.3) is 11.8 Å². The lowest BCUT2D eigenvalue weighted by Crippen LogP contribution is -2.28. The highest BCUT2D eigenvalue weighted by Crippen LogP contribution is 2.29. The highest BCUT2D eigenvalue weighted by Gasteiger charge is 2.24. The molecule has 0 spiro atoms. The molecule has 2 N–H and O–H groups in total. The third-order valence-corrected chi connectivity index (χ3v) is 4.29. The zero-order chi connectivity index (χ0) is 16.9. The molecule has 1 aliphatic carbocycles. The smallest absolute Gasteiger partial charge is 0.253 e. The van der Waals surface area contributed by atoms with E-state index in [0.717, 1.165) is 12.8 Å². The quantitative estimate of drug-likeness (QED) is 0.804. The number of rotatable bonds is 7. The lowest BCUT2D eigenvalue weighted by atomic mass is 10.2. The van der Waals surface area contributed by atoms with Crippen LogP contribution >= 0.6 is 0 Å². The first kappa shape index (κ1) is 16.9. The minimum atomic E-state index is -0.468. The van der Waals surface area contributed by atoms with Gasteiger partial charge in [0.15, 0.2) is 0 Å². The van der Waals surface area contributed by atoms with E-state index in [9.17, 15) is 9.59 Å². The molecular formula is C18H24N2O4. The molecule has 0 aromatic heterocycles. The lowest BCUT2D eigenvalue weighted by Gasteiger charge is -2.14. The largest absolute Gasteiger partial charge is 0.368 e. The van der Waals surface area contributed by atoms with Crippen LogP contribution in [0.1, 0.15) is 32.6 Å². The molecule has 6 heteroatoms. The van der Waals surface area contributed by atoms with Crippen molar-refractivity contribution in [2.45, 2.75) is 44.8 Å². The Morgan fingerprint density at radius 3 is 2.42 bits per heavy atom. The first-order valence-electron chi connectivity index (χ1n) is 8.57. The Kier molecular flexibility index (Phi) is 5.48. The summed E-state index contributed by atoms with van der Waals surface area (Å²) in [6.45, 7) is 3.06. The maximum atomic E-state index is 12.1. The van der Waals surface area contributed by atoms with Crippen LogP contribution in [0, 0.1) is 5.92 Å². The lowest BCUT2D eigenvalue weighted by molar-refractivity contribution is -0.126. The van der Waals surface area contributed by atoms with Crippen LogP contribution in [0.25, 0.3) is 0 Å². The number of carbonyl (C=O) groups is 2. The van der Waals surface area contributed by atoms with Crippen LogP contribution in [-0.2, 0) is 19.1 Å². The minimum absolute atomic E-state index is 0.119. The molecule has 0 radical (unpaired) electrons. The molecule has 3 rings (SSSR count). The molecule has 0 bridgehead atoms. The first-order chi connectivity index (χ1) is 11.6. The SMILES string of the molecule is CC(OCC1CC1)C(=O)Nc1ccc(NC(=O)C2CCCO2)cc1. The zero-order valence-corrected chi connectivity index (χ0v) is 13.9. The van der Waals surface area contributed by atoms with E-state index >= 15 is 0 Å². The van der Waals surface area contributed by atoms with Gasteiger partial charge in [0.2, 0.25) is 0 Å². The second-order valence-corrected chi connectivity index (χ2v) is 6.48. The van der Waals surface area contributed by atoms with Gasteiger partial charge in [-0.25, -0.2) is 0 Å². The molecule has 24 heavy (non-hydrogen) atoms. The Labute approximate surface area is 141 Å². The van der Waals surface area contributed by atoms with Gasteiger partial charge in [-0.3, -0.25) is 9.59 Å². The van der Waals surface area contributed by atoms with Crippen LogP contribution in [0.4, 0.5) is 11.4 Å². The average molecular weight is 332 g/mol. The van der Waals surface area contributed by atoms with Crippen molar-refractivity contribution in [2.24, 2.45) is 5.92 Å². The summed E-state index contributed by atoms with van der Waals surface area (Å²) in [5.41, 5.74) is 1.36. The Balaban J connectivity index is 1.46. The normalized spacial score (nSPS) is 21.3. The fraction of sp³-hybridized carbons (Fsp3) is 0.556. The molecule has 130 valence electrons. The maximum absolute atomic E-state index is 12.1. The van der Waals surface area contributed by atoms with Crippen LogP contribution in [-0.4, -0.2) is 37.2 Å². The summed E-state index contributed by atoms with van der Waals surface area (Å²) in [6.07, 6.45) is 3.27. The van der Waals surface area contributed by atoms with Gasteiger partial charge in [-0.15, -0.1) is 0 Å². The Hall–Kier alpha value is -1.92. The number of ether oxygens (including phenoxy) is 2. The number of nitrogens with one attached hydrogen (secondary N) is 2. The fourth-order valence-electron chi connectivity index (χ4n) is 2.53. The molecule has 2 atom stereocenters. The number of anilines is 2. The average Bonchev–Trinajstić information content (AvgIpc) is 3.24. The molecule has 1 heterocycles. The molecule has 1 saturated carbocycles. The fourth-order valence-corrected chi connectivity index (χ4v) is 2.53. The van der Waals surface area contributed by atoms with Crippen molar-refractivity contribution in [3.8, 4) is 0 Å². The summed E-state index contributed by atoms with van der Waals surface area (Å²) in [7, 11) is 0. The van der Waals surface area contributed by atoms with E-state index in [4.69, 9.17) is 9.47 Å². The van der Waals surface area contributed by atoms with Crippen LogP contribution in [0.15, 0.2) is 24.3 Å². The zero-order valence-electron chi connectivity index (χ0n) is 13.9. The molecular weight excluding hydrogens is 308 g/mol. The van der Waals surface area contributed by atoms with Gasteiger partial charge in [0.05, 0.1) is 6.61 Å². The third-order valence-electron chi connectivity index (χ3n) is 4.29. The molecule has 1 aromatic rings. The second kappa shape index (κ2) is 7.77. The summed E-state index contributed by atoms with van der Waals surface area (Å²) in [6, 6.07) is 7.05. The van der Waals surface area contributed by atoms with Crippen LogP contribution < -0.4 is 10.6 Å². The van der Waals surface area contributed by atoms with Crippen molar-refractivity contribution in [2.75, 3.05) is 23.8 Å². The summed E-state index contributed by atoms with van der Waals surface area (Å²) in [5.74, 6) is 0.352. The topological polar surface area (TPSA) is 76.7 Å². The Morgan fingerprint density at radius 2 is 1.83 bits per heavy atom. The third kappa shape index (κ3) is 4.79. The summed E-state index contributed by atoms with van der Waals surface area (Å²) < 4.78 is 10.9. The molecule has 2 unspecified atom stereocenters. The van der Waals surface area contributed by atoms with Crippen LogP contribution in [0.3, 0.4) is 0 Å². The molecule has 6 nitrogen and oxygen atoms in total. The van der Waals surface area contributed by atoms with E-state index in [-0.39, 0.29) is 17.9 Å². The predicted octanol–water partition coefficient (Wildman–Crippen LogP) is 2.56. The van der Waals surface area contributed by atoms with Crippen molar-refractivity contribution in [1.82, 2.24) is 0 Å². The molecule has 1 aromatic carbocycles. The molecule has 2 fully saturated rings. The highest BCUT2D eigenvalue weighted by atomic mass is 16.5. The highest BCUT2D eigenvalue weighted by molar-refractivity contribution is 5.96. The van der Waals surface area contributed by atoms with Gasteiger partial charge in [0, 0.05) is 18.0 Å². The first-order valence-corrected chi connectivity index (χ1v) is 8.57. The summed E-state index contributed by atoms with van der Waals surface area (Å²) >= 11 is 0. The molecule has 2 amide bonds. The molecule has 1 aliphatic heterocycles. The molecule has 2 aliphatic rings.